The zero-order chi connectivity index (χ0) is 10.7. The van der Waals surface area contributed by atoms with Gasteiger partial charge in [-0.05, 0) is 43.5 Å². The Bertz CT molecular complexity index is 305. The van der Waals surface area contributed by atoms with Gasteiger partial charge in [0.1, 0.15) is 5.75 Å². The molecule has 0 aliphatic heterocycles. The summed E-state index contributed by atoms with van der Waals surface area (Å²) in [7, 11) is 0. The van der Waals surface area contributed by atoms with Gasteiger partial charge in [0, 0.05) is 4.47 Å². The largest absolute Gasteiger partial charge is 0.491 e. The molecule has 0 radical (unpaired) electrons. The predicted molar refractivity (Wildman–Crippen MR) is 64.0 cm³/mol. The highest BCUT2D eigenvalue weighted by Gasteiger charge is 2.05. The van der Waals surface area contributed by atoms with Crippen molar-refractivity contribution < 1.29 is 4.74 Å². The minimum Gasteiger partial charge on any atom is -0.491 e. The molecular weight excluding hydrogens is 240 g/mol. The van der Waals surface area contributed by atoms with Gasteiger partial charge >= 0.3 is 0 Å². The van der Waals surface area contributed by atoms with Crippen LogP contribution < -0.4 is 4.74 Å². The Morgan fingerprint density at radius 3 is 2.21 bits per heavy atom. The monoisotopic (exact) mass is 256 g/mol. The van der Waals surface area contributed by atoms with E-state index in [0.717, 1.165) is 10.2 Å². The first-order chi connectivity index (χ1) is 6.49. The average molecular weight is 257 g/mol. The third-order valence-corrected chi connectivity index (χ3v) is 2.39. The lowest BCUT2D eigenvalue weighted by atomic mass is 10.0. The van der Waals surface area contributed by atoms with E-state index >= 15 is 0 Å². The molecular formula is C12H17BrO. The highest BCUT2D eigenvalue weighted by molar-refractivity contribution is 9.10. The molecule has 0 heterocycles. The molecule has 2 heteroatoms. The maximum absolute atomic E-state index is 5.66. The Kier molecular flexibility index (Phi) is 3.99. The summed E-state index contributed by atoms with van der Waals surface area (Å²) < 4.78 is 6.74. The van der Waals surface area contributed by atoms with E-state index in [0.29, 0.717) is 5.92 Å². The van der Waals surface area contributed by atoms with E-state index < -0.39 is 0 Å². The molecule has 1 aromatic carbocycles. The molecule has 14 heavy (non-hydrogen) atoms. The lowest BCUT2D eigenvalue weighted by Crippen LogP contribution is -2.05. The first-order valence-electron chi connectivity index (χ1n) is 4.96. The third kappa shape index (κ3) is 3.33. The standard InChI is InChI=1S/C12H17BrO/c1-8(2)10-5-11(13)7-12(6-10)14-9(3)4/h5-9H,1-4H3. The van der Waals surface area contributed by atoms with Gasteiger partial charge in [-0.3, -0.25) is 0 Å². The Morgan fingerprint density at radius 2 is 1.71 bits per heavy atom. The number of halogens is 1. The highest BCUT2D eigenvalue weighted by atomic mass is 79.9. The summed E-state index contributed by atoms with van der Waals surface area (Å²) in [4.78, 5) is 0. The van der Waals surface area contributed by atoms with Gasteiger partial charge in [-0.25, -0.2) is 0 Å². The van der Waals surface area contributed by atoms with Crippen LogP contribution in [0.15, 0.2) is 22.7 Å². The molecule has 1 rings (SSSR count). The molecule has 0 unspecified atom stereocenters. The molecule has 0 fully saturated rings. The van der Waals surface area contributed by atoms with Crippen LogP contribution in [0.25, 0.3) is 0 Å². The number of rotatable bonds is 3. The predicted octanol–water partition coefficient (Wildman–Crippen LogP) is 4.36. The van der Waals surface area contributed by atoms with Gasteiger partial charge < -0.3 is 4.74 Å². The van der Waals surface area contributed by atoms with Crippen LogP contribution in [0.3, 0.4) is 0 Å². The number of hydrogen-bond donors (Lipinski definition) is 0. The second-order valence-corrected chi connectivity index (χ2v) is 4.96. The fourth-order valence-corrected chi connectivity index (χ4v) is 1.75. The van der Waals surface area contributed by atoms with Crippen LogP contribution in [0.5, 0.6) is 5.75 Å². The van der Waals surface area contributed by atoms with Crippen molar-refractivity contribution in [1.82, 2.24) is 0 Å². The van der Waals surface area contributed by atoms with E-state index in [1.165, 1.54) is 5.56 Å². The van der Waals surface area contributed by atoms with E-state index in [1.807, 2.05) is 19.9 Å². The quantitative estimate of drug-likeness (QED) is 0.781. The first kappa shape index (κ1) is 11.6. The maximum atomic E-state index is 5.66. The minimum absolute atomic E-state index is 0.226. The topological polar surface area (TPSA) is 9.23 Å². The lowest BCUT2D eigenvalue weighted by Gasteiger charge is -2.13. The summed E-state index contributed by atoms with van der Waals surface area (Å²) in [5, 5.41) is 0. The van der Waals surface area contributed by atoms with E-state index in [9.17, 15) is 0 Å². The van der Waals surface area contributed by atoms with Crippen LogP contribution in [0.1, 0.15) is 39.2 Å². The molecule has 78 valence electrons. The van der Waals surface area contributed by atoms with Crippen molar-refractivity contribution in [2.75, 3.05) is 0 Å². The van der Waals surface area contributed by atoms with Gasteiger partial charge in [0.2, 0.25) is 0 Å². The van der Waals surface area contributed by atoms with Crippen LogP contribution in [0.4, 0.5) is 0 Å². The summed E-state index contributed by atoms with van der Waals surface area (Å²) in [6, 6.07) is 6.25. The summed E-state index contributed by atoms with van der Waals surface area (Å²) in [5.41, 5.74) is 1.30. The summed E-state index contributed by atoms with van der Waals surface area (Å²) in [6.07, 6.45) is 0.226. The third-order valence-electron chi connectivity index (χ3n) is 1.93. The number of ether oxygens (including phenoxy) is 1. The van der Waals surface area contributed by atoms with Crippen molar-refractivity contribution in [2.45, 2.75) is 39.7 Å². The molecule has 1 aromatic rings. The van der Waals surface area contributed by atoms with Crippen molar-refractivity contribution in [3.8, 4) is 5.75 Å². The van der Waals surface area contributed by atoms with Gasteiger partial charge in [0.25, 0.3) is 0 Å². The van der Waals surface area contributed by atoms with Crippen molar-refractivity contribution in [3.63, 3.8) is 0 Å². The average Bonchev–Trinajstić information content (AvgIpc) is 2.01. The fourth-order valence-electron chi connectivity index (χ4n) is 1.26. The Labute approximate surface area is 94.6 Å². The van der Waals surface area contributed by atoms with Crippen LogP contribution in [0, 0.1) is 0 Å². The molecule has 0 bridgehead atoms. The molecule has 1 nitrogen and oxygen atoms in total. The second kappa shape index (κ2) is 4.83. The Balaban J connectivity index is 2.95. The molecule has 0 atom stereocenters. The number of hydrogen-bond acceptors (Lipinski definition) is 1. The molecule has 0 aliphatic rings. The lowest BCUT2D eigenvalue weighted by molar-refractivity contribution is 0.242. The van der Waals surface area contributed by atoms with Gasteiger partial charge in [-0.15, -0.1) is 0 Å². The van der Waals surface area contributed by atoms with Crippen molar-refractivity contribution in [3.05, 3.63) is 28.2 Å². The SMILES string of the molecule is CC(C)Oc1cc(Br)cc(C(C)C)c1. The van der Waals surface area contributed by atoms with Crippen molar-refractivity contribution >= 4 is 15.9 Å². The van der Waals surface area contributed by atoms with Gasteiger partial charge in [-0.1, -0.05) is 29.8 Å². The van der Waals surface area contributed by atoms with Crippen molar-refractivity contribution in [1.29, 1.82) is 0 Å². The van der Waals surface area contributed by atoms with E-state index in [4.69, 9.17) is 4.74 Å². The summed E-state index contributed by atoms with van der Waals surface area (Å²) >= 11 is 3.49. The van der Waals surface area contributed by atoms with E-state index in [-0.39, 0.29) is 6.10 Å². The molecule has 0 saturated carbocycles. The molecule has 0 amide bonds. The highest BCUT2D eigenvalue weighted by Crippen LogP contribution is 2.26. The molecule has 0 saturated heterocycles. The zero-order valence-corrected chi connectivity index (χ0v) is 10.8. The Morgan fingerprint density at radius 1 is 1.07 bits per heavy atom. The minimum atomic E-state index is 0.226. The maximum Gasteiger partial charge on any atom is 0.121 e. The second-order valence-electron chi connectivity index (χ2n) is 4.04. The first-order valence-corrected chi connectivity index (χ1v) is 5.75. The summed E-state index contributed by atoms with van der Waals surface area (Å²) in [6.45, 7) is 8.44. The molecule has 0 aromatic heterocycles. The van der Waals surface area contributed by atoms with Crippen LogP contribution in [-0.4, -0.2) is 6.10 Å². The van der Waals surface area contributed by atoms with E-state index in [2.05, 4.69) is 41.9 Å². The van der Waals surface area contributed by atoms with E-state index in [1.54, 1.807) is 0 Å². The Hall–Kier alpha value is -0.500. The van der Waals surface area contributed by atoms with Crippen LogP contribution in [0.2, 0.25) is 0 Å². The van der Waals surface area contributed by atoms with Gasteiger partial charge in [0.15, 0.2) is 0 Å². The molecule has 0 N–H and O–H groups in total. The fraction of sp³-hybridized carbons (Fsp3) is 0.500. The van der Waals surface area contributed by atoms with Crippen molar-refractivity contribution in [2.24, 2.45) is 0 Å². The zero-order valence-electron chi connectivity index (χ0n) is 9.17. The summed E-state index contributed by atoms with van der Waals surface area (Å²) in [5.74, 6) is 1.47. The smallest absolute Gasteiger partial charge is 0.121 e. The van der Waals surface area contributed by atoms with Crippen LogP contribution in [-0.2, 0) is 0 Å². The molecule has 0 aliphatic carbocycles. The van der Waals surface area contributed by atoms with Gasteiger partial charge in [-0.2, -0.15) is 0 Å². The van der Waals surface area contributed by atoms with Gasteiger partial charge in [0.05, 0.1) is 6.10 Å². The normalized spacial score (nSPS) is 11.1. The molecule has 0 spiro atoms. The number of benzene rings is 1. The van der Waals surface area contributed by atoms with Crippen LogP contribution >= 0.6 is 15.9 Å².